The van der Waals surface area contributed by atoms with Gasteiger partial charge in [-0.05, 0) is 24.3 Å². The summed E-state index contributed by atoms with van der Waals surface area (Å²) in [5, 5.41) is 0. The van der Waals surface area contributed by atoms with Crippen LogP contribution < -0.4 is 9.47 Å². The third-order valence-corrected chi connectivity index (χ3v) is 6.55. The lowest BCUT2D eigenvalue weighted by Crippen LogP contribution is -2.50. The molecule has 0 atom stereocenters. The van der Waals surface area contributed by atoms with E-state index in [9.17, 15) is 17.6 Å². The molecule has 0 saturated carbocycles. The van der Waals surface area contributed by atoms with Crippen LogP contribution in [0.2, 0.25) is 0 Å². The molecule has 0 aromatic heterocycles. The SMILES string of the molecule is COc1ccc(C(=O)N2CCN(S(=O)(=O)c3ccccc3F)CC2)c(OC)c1. The molecule has 2 aromatic carbocycles. The highest BCUT2D eigenvalue weighted by atomic mass is 32.2. The molecule has 7 nitrogen and oxygen atoms in total. The Morgan fingerprint density at radius 1 is 1.00 bits per heavy atom. The van der Waals surface area contributed by atoms with Crippen molar-refractivity contribution in [1.29, 1.82) is 0 Å². The third kappa shape index (κ3) is 3.81. The molecule has 1 amide bonds. The Balaban J connectivity index is 1.74. The van der Waals surface area contributed by atoms with Crippen molar-refractivity contribution in [2.75, 3.05) is 40.4 Å². The predicted molar refractivity (Wildman–Crippen MR) is 101 cm³/mol. The van der Waals surface area contributed by atoms with Crippen LogP contribution in [0.5, 0.6) is 11.5 Å². The van der Waals surface area contributed by atoms with Crippen molar-refractivity contribution >= 4 is 15.9 Å². The van der Waals surface area contributed by atoms with Crippen LogP contribution in [0.25, 0.3) is 0 Å². The Labute approximate surface area is 163 Å². The fraction of sp³-hybridized carbons (Fsp3) is 0.316. The Morgan fingerprint density at radius 3 is 2.29 bits per heavy atom. The molecule has 0 unspecified atom stereocenters. The molecule has 0 bridgehead atoms. The summed E-state index contributed by atoms with van der Waals surface area (Å²) in [5.41, 5.74) is 0.369. The van der Waals surface area contributed by atoms with Gasteiger partial charge in [-0.2, -0.15) is 4.31 Å². The van der Waals surface area contributed by atoms with Crippen LogP contribution >= 0.6 is 0 Å². The summed E-state index contributed by atoms with van der Waals surface area (Å²) in [6.07, 6.45) is 0. The molecule has 0 aliphatic carbocycles. The smallest absolute Gasteiger partial charge is 0.257 e. The first kappa shape index (κ1) is 20.1. The highest BCUT2D eigenvalue weighted by molar-refractivity contribution is 7.89. The first-order valence-corrected chi connectivity index (χ1v) is 10.1. The molecule has 1 heterocycles. The van der Waals surface area contributed by atoms with Gasteiger partial charge in [0.05, 0.1) is 19.8 Å². The number of amides is 1. The minimum Gasteiger partial charge on any atom is -0.497 e. The molecule has 1 aliphatic heterocycles. The largest absolute Gasteiger partial charge is 0.497 e. The number of carbonyl (C=O) groups is 1. The van der Waals surface area contributed by atoms with Gasteiger partial charge in [-0.3, -0.25) is 4.79 Å². The van der Waals surface area contributed by atoms with Crippen molar-refractivity contribution in [2.45, 2.75) is 4.90 Å². The second-order valence-electron chi connectivity index (χ2n) is 6.19. The topological polar surface area (TPSA) is 76.2 Å². The van der Waals surface area contributed by atoms with E-state index in [4.69, 9.17) is 9.47 Å². The Bertz CT molecular complexity index is 972. The van der Waals surface area contributed by atoms with Crippen LogP contribution in [0.15, 0.2) is 47.4 Å². The van der Waals surface area contributed by atoms with Gasteiger partial charge in [-0.25, -0.2) is 12.8 Å². The second-order valence-corrected chi connectivity index (χ2v) is 8.10. The van der Waals surface area contributed by atoms with Gasteiger partial charge in [0, 0.05) is 32.2 Å². The predicted octanol–water partition coefficient (Wildman–Crippen LogP) is 1.99. The summed E-state index contributed by atoms with van der Waals surface area (Å²) >= 11 is 0. The lowest BCUT2D eigenvalue weighted by atomic mass is 10.1. The minimum absolute atomic E-state index is 0.0842. The summed E-state index contributed by atoms with van der Waals surface area (Å²) < 4.78 is 50.9. The maximum atomic E-state index is 13.9. The van der Waals surface area contributed by atoms with E-state index in [0.717, 1.165) is 6.07 Å². The zero-order valence-electron chi connectivity index (χ0n) is 15.6. The first-order chi connectivity index (χ1) is 13.4. The zero-order valence-corrected chi connectivity index (χ0v) is 16.4. The van der Waals surface area contributed by atoms with E-state index >= 15 is 0 Å². The fourth-order valence-corrected chi connectivity index (χ4v) is 4.56. The summed E-state index contributed by atoms with van der Waals surface area (Å²) in [6.45, 7) is 0.561. The quantitative estimate of drug-likeness (QED) is 0.756. The normalized spacial score (nSPS) is 15.3. The number of piperazine rings is 1. The van der Waals surface area contributed by atoms with Gasteiger partial charge in [-0.1, -0.05) is 12.1 Å². The lowest BCUT2D eigenvalue weighted by Gasteiger charge is -2.34. The van der Waals surface area contributed by atoms with Crippen LogP contribution in [0.4, 0.5) is 4.39 Å². The van der Waals surface area contributed by atoms with Gasteiger partial charge in [0.25, 0.3) is 5.91 Å². The van der Waals surface area contributed by atoms with Gasteiger partial charge in [0.1, 0.15) is 22.2 Å². The van der Waals surface area contributed by atoms with Crippen molar-refractivity contribution in [3.63, 3.8) is 0 Å². The Hall–Kier alpha value is -2.65. The standard InChI is InChI=1S/C19H21FN2O5S/c1-26-14-7-8-15(17(13-14)27-2)19(23)21-9-11-22(12-10-21)28(24,25)18-6-4-3-5-16(18)20/h3-8,13H,9-12H2,1-2H3. The molecule has 1 aliphatic rings. The van der Waals surface area contributed by atoms with Crippen LogP contribution in [0.1, 0.15) is 10.4 Å². The Kier molecular flexibility index (Phi) is 5.85. The highest BCUT2D eigenvalue weighted by Crippen LogP contribution is 2.27. The van der Waals surface area contributed by atoms with E-state index < -0.39 is 15.8 Å². The van der Waals surface area contributed by atoms with Crippen molar-refractivity contribution in [3.05, 3.63) is 53.8 Å². The van der Waals surface area contributed by atoms with Gasteiger partial charge in [-0.15, -0.1) is 0 Å². The van der Waals surface area contributed by atoms with Crippen molar-refractivity contribution in [2.24, 2.45) is 0 Å². The maximum absolute atomic E-state index is 13.9. The number of methoxy groups -OCH3 is 2. The van der Waals surface area contributed by atoms with E-state index in [1.165, 1.54) is 36.7 Å². The van der Waals surface area contributed by atoms with E-state index in [2.05, 4.69) is 0 Å². The number of hydrogen-bond donors (Lipinski definition) is 0. The van der Waals surface area contributed by atoms with Gasteiger partial charge < -0.3 is 14.4 Å². The number of nitrogens with zero attached hydrogens (tertiary/aromatic N) is 2. The van der Waals surface area contributed by atoms with E-state index in [-0.39, 0.29) is 37.0 Å². The Morgan fingerprint density at radius 2 is 1.68 bits per heavy atom. The molecule has 0 spiro atoms. The monoisotopic (exact) mass is 408 g/mol. The van der Waals surface area contributed by atoms with Gasteiger partial charge >= 0.3 is 0 Å². The summed E-state index contributed by atoms with van der Waals surface area (Å²) in [4.78, 5) is 14.0. The highest BCUT2D eigenvalue weighted by Gasteiger charge is 2.32. The fourth-order valence-electron chi connectivity index (χ4n) is 3.07. The van der Waals surface area contributed by atoms with Crippen LogP contribution in [0.3, 0.4) is 0 Å². The van der Waals surface area contributed by atoms with Crippen LogP contribution in [-0.2, 0) is 10.0 Å². The zero-order chi connectivity index (χ0) is 20.3. The molecule has 3 rings (SSSR count). The number of rotatable bonds is 5. The molecular weight excluding hydrogens is 387 g/mol. The van der Waals surface area contributed by atoms with E-state index in [1.807, 2.05) is 0 Å². The average Bonchev–Trinajstić information content (AvgIpc) is 2.73. The summed E-state index contributed by atoms with van der Waals surface area (Å²) in [7, 11) is -0.967. The van der Waals surface area contributed by atoms with E-state index in [1.54, 1.807) is 23.1 Å². The lowest BCUT2D eigenvalue weighted by molar-refractivity contribution is 0.0694. The van der Waals surface area contributed by atoms with Gasteiger partial charge in [0.2, 0.25) is 10.0 Å². The average molecular weight is 408 g/mol. The molecule has 1 saturated heterocycles. The molecule has 0 N–H and O–H groups in total. The van der Waals surface area contributed by atoms with E-state index in [0.29, 0.717) is 17.1 Å². The molecule has 28 heavy (non-hydrogen) atoms. The molecule has 9 heteroatoms. The van der Waals surface area contributed by atoms with Crippen molar-refractivity contribution in [3.8, 4) is 11.5 Å². The number of ether oxygens (including phenoxy) is 2. The molecule has 150 valence electrons. The van der Waals surface area contributed by atoms with Crippen LogP contribution in [-0.4, -0.2) is 63.9 Å². The number of carbonyl (C=O) groups excluding carboxylic acids is 1. The third-order valence-electron chi connectivity index (χ3n) is 4.62. The summed E-state index contributed by atoms with van der Waals surface area (Å²) in [6, 6.07) is 10.2. The number of sulfonamides is 1. The minimum atomic E-state index is -3.95. The number of benzene rings is 2. The van der Waals surface area contributed by atoms with Crippen molar-refractivity contribution < 1.29 is 27.1 Å². The molecule has 2 aromatic rings. The van der Waals surface area contributed by atoms with Crippen LogP contribution in [0, 0.1) is 5.82 Å². The maximum Gasteiger partial charge on any atom is 0.257 e. The van der Waals surface area contributed by atoms with Gasteiger partial charge in [0.15, 0.2) is 0 Å². The number of hydrogen-bond acceptors (Lipinski definition) is 5. The number of halogens is 1. The van der Waals surface area contributed by atoms with Crippen molar-refractivity contribution in [1.82, 2.24) is 9.21 Å². The summed E-state index contributed by atoms with van der Waals surface area (Å²) in [5.74, 6) is -0.105. The first-order valence-electron chi connectivity index (χ1n) is 8.64. The molecule has 1 fully saturated rings. The second kappa shape index (κ2) is 8.15. The molecule has 0 radical (unpaired) electrons. The molecular formula is C19H21FN2O5S.